The highest BCUT2D eigenvalue weighted by molar-refractivity contribution is 6.43. The quantitative estimate of drug-likeness (QED) is 0.773. The van der Waals surface area contributed by atoms with Crippen LogP contribution in [0, 0.1) is 0 Å². The monoisotopic (exact) mass is 348 g/mol. The number of carbonyl (C=O) groups is 1. The van der Waals surface area contributed by atoms with Crippen LogP contribution in [0.2, 0.25) is 10.0 Å². The minimum absolute atomic E-state index is 0.215. The van der Waals surface area contributed by atoms with Crippen LogP contribution in [0.4, 0.5) is 0 Å². The van der Waals surface area contributed by atoms with Gasteiger partial charge in [0.2, 0.25) is 0 Å². The number of nitrogens with one attached hydrogen (secondary N) is 1. The molecule has 1 aliphatic heterocycles. The van der Waals surface area contributed by atoms with E-state index < -0.39 is 0 Å². The molecular weight excluding hydrogens is 339 g/mol. The Kier molecular flexibility index (Phi) is 3.36. The number of hydrogen-bond acceptors (Lipinski definition) is 4. The first-order valence-corrected chi connectivity index (χ1v) is 7.60. The first kappa shape index (κ1) is 14.3. The summed E-state index contributed by atoms with van der Waals surface area (Å²) in [5.41, 5.74) is 2.00. The predicted octanol–water partition coefficient (Wildman–Crippen LogP) is 2.90. The zero-order valence-electron chi connectivity index (χ0n) is 11.7. The molecule has 8 heteroatoms. The number of nitrogens with zero attached hydrogens (tertiary/aromatic N) is 3. The second-order valence-corrected chi connectivity index (χ2v) is 5.92. The van der Waals surface area contributed by atoms with Crippen molar-refractivity contribution in [1.82, 2.24) is 19.9 Å². The number of aromatic nitrogens is 3. The van der Waals surface area contributed by atoms with Crippen molar-refractivity contribution in [2.75, 3.05) is 6.61 Å². The highest BCUT2D eigenvalue weighted by atomic mass is 35.5. The zero-order chi connectivity index (χ0) is 16.0. The summed E-state index contributed by atoms with van der Waals surface area (Å²) in [6.45, 7) is 0.315. The second kappa shape index (κ2) is 5.40. The van der Waals surface area contributed by atoms with E-state index >= 15 is 0 Å². The third kappa shape index (κ3) is 2.40. The molecule has 3 aromatic rings. The Bertz CT molecular complexity index is 925. The summed E-state index contributed by atoms with van der Waals surface area (Å²) in [5.74, 6) is 0.312. The molecule has 6 nitrogen and oxygen atoms in total. The van der Waals surface area contributed by atoms with Gasteiger partial charge in [0.1, 0.15) is 23.7 Å². The molecule has 3 heterocycles. The summed E-state index contributed by atoms with van der Waals surface area (Å²) >= 11 is 12.1. The van der Waals surface area contributed by atoms with Gasteiger partial charge in [0.15, 0.2) is 5.65 Å². The molecule has 23 heavy (non-hydrogen) atoms. The van der Waals surface area contributed by atoms with Gasteiger partial charge in [-0.1, -0.05) is 29.3 Å². The van der Waals surface area contributed by atoms with Crippen molar-refractivity contribution < 1.29 is 9.53 Å². The maximum atomic E-state index is 12.4. The average Bonchev–Trinajstić information content (AvgIpc) is 3.17. The summed E-state index contributed by atoms with van der Waals surface area (Å²) < 4.78 is 7.25. The molecule has 1 aliphatic rings. The lowest BCUT2D eigenvalue weighted by Crippen LogP contribution is -2.29. The van der Waals surface area contributed by atoms with E-state index in [1.807, 2.05) is 6.07 Å². The molecule has 1 amide bonds. The lowest BCUT2D eigenvalue weighted by molar-refractivity contribution is 0.0930. The van der Waals surface area contributed by atoms with Crippen LogP contribution in [0.5, 0.6) is 5.75 Å². The Hall–Kier alpha value is -2.31. The largest absolute Gasteiger partial charge is 0.489 e. The third-order valence-electron chi connectivity index (χ3n) is 3.71. The van der Waals surface area contributed by atoms with Crippen LogP contribution in [0.1, 0.15) is 22.0 Å². The van der Waals surface area contributed by atoms with Crippen LogP contribution in [-0.4, -0.2) is 27.1 Å². The number of hydrogen-bond donors (Lipinski definition) is 1. The highest BCUT2D eigenvalue weighted by Gasteiger charge is 2.28. The minimum Gasteiger partial charge on any atom is -0.489 e. The molecule has 0 unspecified atom stereocenters. The zero-order valence-corrected chi connectivity index (χ0v) is 13.2. The number of benzene rings is 1. The number of fused-ring (bicyclic) bond motifs is 2. The molecule has 0 bridgehead atoms. The highest BCUT2D eigenvalue weighted by Crippen LogP contribution is 2.42. The fourth-order valence-electron chi connectivity index (χ4n) is 2.55. The third-order valence-corrected chi connectivity index (χ3v) is 4.50. The van der Waals surface area contributed by atoms with Gasteiger partial charge in [-0.25, -0.2) is 0 Å². The molecule has 1 aromatic carbocycles. The lowest BCUT2D eigenvalue weighted by atomic mass is 10.1. The van der Waals surface area contributed by atoms with E-state index in [0.29, 0.717) is 33.6 Å². The molecule has 0 fully saturated rings. The van der Waals surface area contributed by atoms with Crippen molar-refractivity contribution >= 4 is 34.8 Å². The molecule has 0 saturated carbocycles. The number of pyridine rings is 1. The molecule has 1 N–H and O–H groups in total. The van der Waals surface area contributed by atoms with Gasteiger partial charge in [-0.15, -0.1) is 10.2 Å². The predicted molar refractivity (Wildman–Crippen MR) is 85.2 cm³/mol. The smallest absolute Gasteiger partial charge is 0.253 e. The molecular formula is C15H10Cl2N4O2. The van der Waals surface area contributed by atoms with E-state index in [0.717, 1.165) is 5.56 Å². The Morgan fingerprint density at radius 2 is 2.17 bits per heavy atom. The minimum atomic E-state index is -0.274. The summed E-state index contributed by atoms with van der Waals surface area (Å²) in [6, 6.07) is 6.66. The van der Waals surface area contributed by atoms with Crippen LogP contribution in [0.3, 0.4) is 0 Å². The van der Waals surface area contributed by atoms with Gasteiger partial charge in [0, 0.05) is 11.8 Å². The van der Waals surface area contributed by atoms with Crippen LogP contribution >= 0.6 is 23.2 Å². The molecule has 0 saturated heterocycles. The molecule has 2 aromatic heterocycles. The van der Waals surface area contributed by atoms with Crippen LogP contribution in [0.15, 0.2) is 36.8 Å². The lowest BCUT2D eigenvalue weighted by Gasteiger charge is -2.12. The Morgan fingerprint density at radius 3 is 3.04 bits per heavy atom. The molecule has 0 aliphatic carbocycles. The van der Waals surface area contributed by atoms with Crippen molar-refractivity contribution in [2.45, 2.75) is 6.04 Å². The van der Waals surface area contributed by atoms with Crippen molar-refractivity contribution in [3.05, 3.63) is 58.0 Å². The van der Waals surface area contributed by atoms with Gasteiger partial charge in [-0.3, -0.25) is 9.20 Å². The van der Waals surface area contributed by atoms with E-state index in [2.05, 4.69) is 15.5 Å². The summed E-state index contributed by atoms with van der Waals surface area (Å²) in [4.78, 5) is 12.4. The summed E-state index contributed by atoms with van der Waals surface area (Å²) in [6.07, 6.45) is 3.22. The first-order chi connectivity index (χ1) is 11.1. The Labute approximate surface area is 141 Å². The Balaban J connectivity index is 1.60. The van der Waals surface area contributed by atoms with E-state index in [1.54, 1.807) is 35.1 Å². The topological polar surface area (TPSA) is 68.5 Å². The van der Waals surface area contributed by atoms with Gasteiger partial charge in [-0.2, -0.15) is 0 Å². The van der Waals surface area contributed by atoms with Crippen molar-refractivity contribution in [1.29, 1.82) is 0 Å². The maximum Gasteiger partial charge on any atom is 0.253 e. The fraction of sp³-hybridized carbons (Fsp3) is 0.133. The number of amides is 1. The number of carbonyl (C=O) groups excluding carboxylic acids is 1. The first-order valence-electron chi connectivity index (χ1n) is 6.84. The fourth-order valence-corrected chi connectivity index (χ4v) is 2.92. The van der Waals surface area contributed by atoms with Gasteiger partial charge < -0.3 is 10.1 Å². The van der Waals surface area contributed by atoms with Gasteiger partial charge in [0.25, 0.3) is 5.91 Å². The standard InChI is InChI=1S/C15H10Cl2N4O2/c16-10-3-2-9-11(6-23-14(9)13(10)17)19-15(22)8-1-4-12-20-18-7-21(12)5-8/h1-5,7,11H,6H2,(H,19,22)/t11-/m0/s1. The average molecular weight is 349 g/mol. The summed E-state index contributed by atoms with van der Waals surface area (Å²) in [5, 5.41) is 11.4. The van der Waals surface area contributed by atoms with E-state index in [4.69, 9.17) is 27.9 Å². The Morgan fingerprint density at radius 1 is 1.30 bits per heavy atom. The van der Waals surface area contributed by atoms with Crippen LogP contribution < -0.4 is 10.1 Å². The van der Waals surface area contributed by atoms with E-state index in [1.165, 1.54) is 0 Å². The maximum absolute atomic E-state index is 12.4. The van der Waals surface area contributed by atoms with Crippen molar-refractivity contribution in [2.24, 2.45) is 0 Å². The number of ether oxygens (including phenoxy) is 1. The molecule has 0 radical (unpaired) electrons. The van der Waals surface area contributed by atoms with Crippen LogP contribution in [0.25, 0.3) is 5.65 Å². The molecule has 116 valence electrons. The van der Waals surface area contributed by atoms with Crippen LogP contribution in [-0.2, 0) is 0 Å². The van der Waals surface area contributed by atoms with Crippen molar-refractivity contribution in [3.63, 3.8) is 0 Å². The number of halogens is 2. The van der Waals surface area contributed by atoms with Crippen molar-refractivity contribution in [3.8, 4) is 5.75 Å². The summed E-state index contributed by atoms with van der Waals surface area (Å²) in [7, 11) is 0. The normalized spacial score (nSPS) is 16.2. The SMILES string of the molecule is O=C(N[C@H]1COc2c1ccc(Cl)c2Cl)c1ccc2nncn2c1. The molecule has 4 rings (SSSR count). The second-order valence-electron chi connectivity index (χ2n) is 5.13. The molecule has 1 atom stereocenters. The molecule has 0 spiro atoms. The van der Waals surface area contributed by atoms with Gasteiger partial charge >= 0.3 is 0 Å². The van der Waals surface area contributed by atoms with Gasteiger partial charge in [-0.05, 0) is 18.2 Å². The number of rotatable bonds is 2. The van der Waals surface area contributed by atoms with Gasteiger partial charge in [0.05, 0.1) is 16.6 Å². The van der Waals surface area contributed by atoms with E-state index in [9.17, 15) is 4.79 Å². The van der Waals surface area contributed by atoms with E-state index in [-0.39, 0.29) is 11.9 Å².